The summed E-state index contributed by atoms with van der Waals surface area (Å²) in [5.41, 5.74) is 7.93. The summed E-state index contributed by atoms with van der Waals surface area (Å²) in [5, 5.41) is 24.2. The van der Waals surface area contributed by atoms with Crippen LogP contribution in [-0.4, -0.2) is 150 Å². The van der Waals surface area contributed by atoms with Gasteiger partial charge in [-0.05, 0) is 72.0 Å². The molecule has 0 saturated carbocycles. The lowest BCUT2D eigenvalue weighted by Gasteiger charge is -2.36. The molecule has 0 spiro atoms. The molecule has 0 aliphatic carbocycles. The third-order valence-corrected chi connectivity index (χ3v) is 14.7. The van der Waals surface area contributed by atoms with Crippen LogP contribution >= 0.6 is 11.3 Å². The van der Waals surface area contributed by atoms with Crippen LogP contribution in [0.4, 0.5) is 17.3 Å². The molecule has 8 rings (SSSR count). The zero-order valence-electron chi connectivity index (χ0n) is 40.9. The standard InChI is InChI=1S/C51H60N10O9S2/c1-33-46(71-32-53-33)36-11-9-34(10-12-36)28-52-48(65)42-27-39(62)29-60(42)49(66)47(51(2,3)4)56-44(63)30-69-25-26-70-31-45(64)59-23-21-58(22-24-59)38-17-15-37(16-18-38)54-50-55-43-8-6-7-41(61(43)57-50)35-13-19-40(20-14-35)72(5,67)68/h6-20,32,39,42,47,62H,21-31H2,1-5H3,(H,52,65)(H,54,57)(H,56,63)/t39-,42+,47-/m1/s1. The maximum Gasteiger partial charge on any atom is 0.248 e. The van der Waals surface area contributed by atoms with Gasteiger partial charge in [-0.25, -0.2) is 17.9 Å². The zero-order chi connectivity index (χ0) is 51.2. The van der Waals surface area contributed by atoms with Gasteiger partial charge in [0.2, 0.25) is 29.6 Å². The highest BCUT2D eigenvalue weighted by atomic mass is 32.2. The molecule has 6 aromatic rings. The number of rotatable bonds is 18. The molecule has 21 heteroatoms. The Hall–Kier alpha value is -6.78. The molecule has 5 heterocycles. The smallest absolute Gasteiger partial charge is 0.248 e. The number of pyridine rings is 1. The number of hydrogen-bond donors (Lipinski definition) is 4. The van der Waals surface area contributed by atoms with E-state index in [1.165, 1.54) is 11.2 Å². The first-order chi connectivity index (χ1) is 34.4. The van der Waals surface area contributed by atoms with Crippen molar-refractivity contribution in [2.75, 3.05) is 75.6 Å². The molecule has 4 amide bonds. The Morgan fingerprint density at radius 3 is 2.21 bits per heavy atom. The average molecular weight is 1020 g/mol. The number of sulfone groups is 1. The fourth-order valence-corrected chi connectivity index (χ4v) is 10.1. The van der Waals surface area contributed by atoms with Gasteiger partial charge in [-0.2, -0.15) is 4.98 Å². The molecule has 0 unspecified atom stereocenters. The van der Waals surface area contributed by atoms with E-state index in [9.17, 15) is 32.7 Å². The van der Waals surface area contributed by atoms with Crippen molar-refractivity contribution in [1.82, 2.24) is 40.0 Å². The highest BCUT2D eigenvalue weighted by Crippen LogP contribution is 2.29. The molecule has 0 radical (unpaired) electrons. The van der Waals surface area contributed by atoms with E-state index < -0.39 is 51.2 Å². The van der Waals surface area contributed by atoms with Gasteiger partial charge in [-0.15, -0.1) is 16.4 Å². The number of fused-ring (bicyclic) bond motifs is 1. The van der Waals surface area contributed by atoms with E-state index in [2.05, 4.69) is 35.9 Å². The third-order valence-electron chi connectivity index (χ3n) is 12.6. The van der Waals surface area contributed by atoms with Crippen molar-refractivity contribution >= 4 is 67.8 Å². The van der Waals surface area contributed by atoms with Gasteiger partial charge >= 0.3 is 0 Å². The number of ether oxygens (including phenoxy) is 2. The summed E-state index contributed by atoms with van der Waals surface area (Å²) in [4.78, 5) is 69.1. The lowest BCUT2D eigenvalue weighted by Crippen LogP contribution is -2.58. The van der Waals surface area contributed by atoms with E-state index in [4.69, 9.17) is 9.47 Å². The summed E-state index contributed by atoms with van der Waals surface area (Å²) < 4.78 is 36.7. The van der Waals surface area contributed by atoms with Crippen LogP contribution in [0, 0.1) is 12.3 Å². The van der Waals surface area contributed by atoms with E-state index in [0.717, 1.165) is 44.3 Å². The van der Waals surface area contributed by atoms with Crippen LogP contribution in [0.5, 0.6) is 0 Å². The highest BCUT2D eigenvalue weighted by molar-refractivity contribution is 7.90. The number of β-amino-alcohol motifs (C(OH)–C–C–N with tert-alkyl or cyclic N) is 1. The largest absolute Gasteiger partial charge is 0.391 e. The molecule has 380 valence electrons. The van der Waals surface area contributed by atoms with Crippen molar-refractivity contribution in [3.63, 3.8) is 0 Å². The molecule has 2 aliphatic rings. The molecule has 72 heavy (non-hydrogen) atoms. The van der Waals surface area contributed by atoms with Crippen molar-refractivity contribution in [2.45, 2.75) is 63.7 Å². The number of carbonyl (C=O) groups excluding carboxylic acids is 4. The van der Waals surface area contributed by atoms with Crippen molar-refractivity contribution in [3.05, 3.63) is 108 Å². The number of thiazole rings is 1. The Bertz CT molecular complexity index is 2990. The van der Waals surface area contributed by atoms with E-state index in [0.29, 0.717) is 37.8 Å². The Balaban J connectivity index is 0.732. The molecule has 3 aromatic carbocycles. The molecular formula is C51H60N10O9S2. The number of aryl methyl sites for hydroxylation is 1. The van der Waals surface area contributed by atoms with Crippen LogP contribution in [0.15, 0.2) is 101 Å². The van der Waals surface area contributed by atoms with Crippen LogP contribution < -0.4 is 20.9 Å². The molecular weight excluding hydrogens is 961 g/mol. The van der Waals surface area contributed by atoms with Crippen LogP contribution in [-0.2, 0) is 45.0 Å². The van der Waals surface area contributed by atoms with Gasteiger partial charge in [0, 0.05) is 68.9 Å². The average Bonchev–Trinajstić information content (AvgIpc) is 4.10. The minimum atomic E-state index is -3.32. The Morgan fingerprint density at radius 1 is 0.875 bits per heavy atom. The van der Waals surface area contributed by atoms with Gasteiger partial charge in [-0.3, -0.25) is 19.2 Å². The monoisotopic (exact) mass is 1020 g/mol. The van der Waals surface area contributed by atoms with Crippen molar-refractivity contribution in [1.29, 1.82) is 0 Å². The number of hydrogen-bond acceptors (Lipinski definition) is 15. The SMILES string of the molecule is Cc1ncsc1-c1ccc(CNC(=O)[C@@H]2C[C@@H](O)CN2C(=O)[C@@H](NC(=O)COCCOCC(=O)N2CCN(c3ccc(Nc4nc5cccc(-c6ccc(S(C)(=O)=O)cc6)n5n4)cc3)CC2)C(C)(C)C)cc1. The van der Waals surface area contributed by atoms with Gasteiger partial charge < -0.3 is 45.2 Å². The minimum Gasteiger partial charge on any atom is -0.391 e. The van der Waals surface area contributed by atoms with Crippen molar-refractivity contribution in [3.8, 4) is 21.7 Å². The number of amides is 4. The molecule has 3 atom stereocenters. The molecule has 2 saturated heterocycles. The van der Waals surface area contributed by atoms with Gasteiger partial charge in [0.15, 0.2) is 15.5 Å². The van der Waals surface area contributed by atoms with Gasteiger partial charge in [-0.1, -0.05) is 63.2 Å². The quantitative estimate of drug-likeness (QED) is 0.0872. The summed E-state index contributed by atoms with van der Waals surface area (Å²) >= 11 is 1.56. The number of aliphatic hydroxyl groups excluding tert-OH is 1. The Morgan fingerprint density at radius 2 is 1.56 bits per heavy atom. The van der Waals surface area contributed by atoms with Crippen molar-refractivity contribution in [2.24, 2.45) is 5.41 Å². The fourth-order valence-electron chi connectivity index (χ4n) is 8.66. The summed E-state index contributed by atoms with van der Waals surface area (Å²) in [5.74, 6) is -1.14. The maximum atomic E-state index is 14.0. The van der Waals surface area contributed by atoms with E-state index in [1.807, 2.05) is 94.4 Å². The second-order valence-electron chi connectivity index (χ2n) is 19.0. The van der Waals surface area contributed by atoms with Crippen LogP contribution in [0.3, 0.4) is 0 Å². The normalized spacial score (nSPS) is 16.7. The minimum absolute atomic E-state index is 0.0401. The van der Waals surface area contributed by atoms with E-state index in [-0.39, 0.29) is 56.7 Å². The first kappa shape index (κ1) is 51.6. The number of likely N-dealkylation sites (tertiary alicyclic amines) is 1. The van der Waals surface area contributed by atoms with Gasteiger partial charge in [0.05, 0.1) is 46.0 Å². The van der Waals surface area contributed by atoms with E-state index >= 15 is 0 Å². The van der Waals surface area contributed by atoms with Crippen LogP contribution in [0.25, 0.3) is 27.3 Å². The van der Waals surface area contributed by atoms with Crippen molar-refractivity contribution < 1.29 is 42.2 Å². The molecule has 2 aliphatic heterocycles. The summed E-state index contributed by atoms with van der Waals surface area (Å²) in [6.07, 6.45) is 0.359. The molecule has 3 aromatic heterocycles. The first-order valence-corrected chi connectivity index (χ1v) is 26.4. The lowest BCUT2D eigenvalue weighted by atomic mass is 9.85. The molecule has 4 N–H and O–H groups in total. The second kappa shape index (κ2) is 22.3. The summed E-state index contributed by atoms with van der Waals surface area (Å²) in [7, 11) is -3.32. The number of carbonyl (C=O) groups is 4. The number of piperazine rings is 1. The Labute approximate surface area is 422 Å². The lowest BCUT2D eigenvalue weighted by molar-refractivity contribution is -0.144. The fraction of sp³-hybridized carbons (Fsp3) is 0.392. The number of aromatic nitrogens is 4. The van der Waals surface area contributed by atoms with E-state index in [1.54, 1.807) is 50.5 Å². The van der Waals surface area contributed by atoms with Gasteiger partial charge in [0.1, 0.15) is 25.3 Å². The predicted octanol–water partition coefficient (Wildman–Crippen LogP) is 4.47. The number of nitrogens with zero attached hydrogens (tertiary/aromatic N) is 7. The van der Waals surface area contributed by atoms with Gasteiger partial charge in [0.25, 0.3) is 0 Å². The highest BCUT2D eigenvalue weighted by Gasteiger charge is 2.44. The summed E-state index contributed by atoms with van der Waals surface area (Å²) in [6.45, 7) is 9.51. The topological polar surface area (TPSA) is 230 Å². The first-order valence-electron chi connectivity index (χ1n) is 23.7. The molecule has 19 nitrogen and oxygen atoms in total. The second-order valence-corrected chi connectivity index (χ2v) is 21.9. The predicted molar refractivity (Wildman–Crippen MR) is 273 cm³/mol. The number of nitrogens with one attached hydrogen (secondary N) is 3. The maximum absolute atomic E-state index is 14.0. The number of benzene rings is 3. The number of anilines is 3. The summed E-state index contributed by atoms with van der Waals surface area (Å²) in [6, 6.07) is 26.1. The third kappa shape index (κ3) is 12.6. The van der Waals surface area contributed by atoms with Crippen LogP contribution in [0.2, 0.25) is 0 Å². The van der Waals surface area contributed by atoms with Crippen LogP contribution in [0.1, 0.15) is 38.4 Å². The Kier molecular flexibility index (Phi) is 16.0. The molecule has 0 bridgehead atoms. The number of aliphatic hydroxyl groups is 1. The zero-order valence-corrected chi connectivity index (χ0v) is 42.5. The molecule has 2 fully saturated rings.